The number of rotatable bonds is 3. The van der Waals surface area contributed by atoms with Gasteiger partial charge in [0.1, 0.15) is 0 Å². The number of piperidine rings is 1. The molecule has 1 saturated heterocycles. The van der Waals surface area contributed by atoms with Crippen molar-refractivity contribution in [3.8, 4) is 0 Å². The summed E-state index contributed by atoms with van der Waals surface area (Å²) < 4.78 is 5.99. The average Bonchev–Trinajstić information content (AvgIpc) is 2.57. The summed E-state index contributed by atoms with van der Waals surface area (Å²) in [7, 11) is 1.47. The van der Waals surface area contributed by atoms with Crippen LogP contribution in [0.15, 0.2) is 40.9 Å². The summed E-state index contributed by atoms with van der Waals surface area (Å²) in [5, 5.41) is 2.55. The van der Waals surface area contributed by atoms with E-state index in [2.05, 4.69) is 57.2 Å². The molecule has 0 unspecified atom stereocenters. The topological polar surface area (TPSA) is 29.5 Å². The van der Waals surface area contributed by atoms with Gasteiger partial charge in [0.05, 0.1) is 13.0 Å². The highest BCUT2D eigenvalue weighted by atomic mass is 79.9. The van der Waals surface area contributed by atoms with E-state index < -0.39 is 0 Å². The van der Waals surface area contributed by atoms with Gasteiger partial charge in [-0.05, 0) is 48.3 Å². The number of nitrogens with zero attached hydrogens (tertiary/aromatic N) is 1. The van der Waals surface area contributed by atoms with Crippen LogP contribution in [0.2, 0.25) is 0 Å². The van der Waals surface area contributed by atoms with Gasteiger partial charge < -0.3 is 4.74 Å². The van der Waals surface area contributed by atoms with Crippen molar-refractivity contribution in [2.45, 2.75) is 19.4 Å². The van der Waals surface area contributed by atoms with Crippen molar-refractivity contribution in [1.82, 2.24) is 4.90 Å². The van der Waals surface area contributed by atoms with E-state index in [0.717, 1.165) is 36.9 Å². The molecule has 0 spiro atoms. The highest BCUT2D eigenvalue weighted by molar-refractivity contribution is 9.10. The van der Waals surface area contributed by atoms with Crippen molar-refractivity contribution >= 4 is 32.7 Å². The summed E-state index contributed by atoms with van der Waals surface area (Å²) in [6.07, 6.45) is 1.78. The molecule has 0 saturated carbocycles. The van der Waals surface area contributed by atoms with Crippen molar-refractivity contribution in [1.29, 1.82) is 0 Å². The number of methoxy groups -OCH3 is 1. The SMILES string of the molecule is COC(=O)C1CCN(Cc2ccc(Br)c3ccccc23)CC1. The molecular weight excluding hydrogens is 342 g/mol. The lowest BCUT2D eigenvalue weighted by atomic mass is 9.96. The Kier molecular flexibility index (Phi) is 4.79. The first kappa shape index (κ1) is 15.5. The predicted octanol–water partition coefficient (Wildman–Crippen LogP) is 3.99. The number of carbonyl (C=O) groups excluding carboxylic acids is 1. The van der Waals surface area contributed by atoms with E-state index in [0.29, 0.717) is 0 Å². The van der Waals surface area contributed by atoms with Crippen LogP contribution in [0.25, 0.3) is 10.8 Å². The Morgan fingerprint density at radius 1 is 1.18 bits per heavy atom. The molecule has 2 aromatic rings. The molecule has 2 aromatic carbocycles. The Bertz CT molecular complexity index is 678. The Morgan fingerprint density at radius 2 is 1.86 bits per heavy atom. The van der Waals surface area contributed by atoms with Gasteiger partial charge in [0.15, 0.2) is 0 Å². The first-order chi connectivity index (χ1) is 10.7. The second-order valence-electron chi connectivity index (χ2n) is 5.83. The molecule has 22 heavy (non-hydrogen) atoms. The molecule has 0 atom stereocenters. The van der Waals surface area contributed by atoms with Crippen LogP contribution in [0.5, 0.6) is 0 Å². The quantitative estimate of drug-likeness (QED) is 0.774. The Morgan fingerprint density at radius 3 is 2.55 bits per heavy atom. The number of hydrogen-bond acceptors (Lipinski definition) is 3. The van der Waals surface area contributed by atoms with Gasteiger partial charge in [-0.25, -0.2) is 0 Å². The molecule has 3 rings (SSSR count). The number of halogens is 1. The lowest BCUT2D eigenvalue weighted by Crippen LogP contribution is -2.36. The lowest BCUT2D eigenvalue weighted by Gasteiger charge is -2.31. The maximum absolute atomic E-state index is 11.6. The van der Waals surface area contributed by atoms with Gasteiger partial charge >= 0.3 is 5.97 Å². The fourth-order valence-corrected chi connectivity index (χ4v) is 3.67. The molecule has 0 radical (unpaired) electrons. The molecule has 0 amide bonds. The van der Waals surface area contributed by atoms with E-state index in [1.807, 2.05) is 0 Å². The van der Waals surface area contributed by atoms with E-state index in [9.17, 15) is 4.79 Å². The highest BCUT2D eigenvalue weighted by Gasteiger charge is 2.25. The molecule has 0 N–H and O–H groups in total. The van der Waals surface area contributed by atoms with Crippen LogP contribution in [0.3, 0.4) is 0 Å². The van der Waals surface area contributed by atoms with Crippen LogP contribution in [-0.2, 0) is 16.1 Å². The fraction of sp³-hybridized carbons (Fsp3) is 0.389. The molecular formula is C18H20BrNO2. The number of benzene rings is 2. The first-order valence-corrected chi connectivity index (χ1v) is 8.44. The second-order valence-corrected chi connectivity index (χ2v) is 6.68. The number of carbonyl (C=O) groups is 1. The van der Waals surface area contributed by atoms with Gasteiger partial charge in [-0.3, -0.25) is 9.69 Å². The largest absolute Gasteiger partial charge is 0.469 e. The summed E-state index contributed by atoms with van der Waals surface area (Å²) in [5.41, 5.74) is 1.34. The molecule has 1 aliphatic heterocycles. The first-order valence-electron chi connectivity index (χ1n) is 7.65. The molecule has 0 bridgehead atoms. The van der Waals surface area contributed by atoms with Crippen LogP contribution in [0.1, 0.15) is 18.4 Å². The Balaban J connectivity index is 1.73. The molecule has 4 heteroatoms. The maximum Gasteiger partial charge on any atom is 0.308 e. The van der Waals surface area contributed by atoms with E-state index in [1.165, 1.54) is 23.4 Å². The van der Waals surface area contributed by atoms with Crippen molar-refractivity contribution < 1.29 is 9.53 Å². The minimum Gasteiger partial charge on any atom is -0.469 e. The van der Waals surface area contributed by atoms with E-state index >= 15 is 0 Å². The number of fused-ring (bicyclic) bond motifs is 1. The summed E-state index contributed by atoms with van der Waals surface area (Å²) in [6.45, 7) is 2.83. The van der Waals surface area contributed by atoms with Crippen LogP contribution < -0.4 is 0 Å². The fourth-order valence-electron chi connectivity index (χ4n) is 3.20. The molecule has 116 valence electrons. The van der Waals surface area contributed by atoms with E-state index in [1.54, 1.807) is 0 Å². The summed E-state index contributed by atoms with van der Waals surface area (Å²) in [5.74, 6) is 0.0108. The lowest BCUT2D eigenvalue weighted by molar-refractivity contribution is -0.147. The minimum atomic E-state index is -0.0614. The molecule has 1 heterocycles. The standard InChI is InChI=1S/C18H20BrNO2/c1-22-18(21)13-8-10-20(11-9-13)12-14-6-7-17(19)16-5-3-2-4-15(14)16/h2-7,13H,8-12H2,1H3. The van der Waals surface area contributed by atoms with Crippen molar-refractivity contribution in [2.75, 3.05) is 20.2 Å². The number of likely N-dealkylation sites (tertiary alicyclic amines) is 1. The van der Waals surface area contributed by atoms with Gasteiger partial charge in [0, 0.05) is 11.0 Å². The van der Waals surface area contributed by atoms with Crippen LogP contribution in [-0.4, -0.2) is 31.1 Å². The number of esters is 1. The zero-order valence-corrected chi connectivity index (χ0v) is 14.3. The molecule has 0 aromatic heterocycles. The van der Waals surface area contributed by atoms with E-state index in [4.69, 9.17) is 4.74 Å². The summed E-state index contributed by atoms with van der Waals surface area (Å²) >= 11 is 3.62. The average molecular weight is 362 g/mol. The van der Waals surface area contributed by atoms with Crippen LogP contribution in [0, 0.1) is 5.92 Å². The maximum atomic E-state index is 11.6. The van der Waals surface area contributed by atoms with Crippen molar-refractivity contribution in [2.24, 2.45) is 5.92 Å². The third kappa shape index (κ3) is 3.18. The number of ether oxygens (including phenoxy) is 1. The Hall–Kier alpha value is -1.39. The summed E-state index contributed by atoms with van der Waals surface area (Å²) in [4.78, 5) is 14.0. The third-order valence-electron chi connectivity index (χ3n) is 4.48. The van der Waals surface area contributed by atoms with Gasteiger partial charge in [-0.15, -0.1) is 0 Å². The third-order valence-corrected chi connectivity index (χ3v) is 5.17. The van der Waals surface area contributed by atoms with Crippen LogP contribution in [0.4, 0.5) is 0 Å². The van der Waals surface area contributed by atoms with Crippen molar-refractivity contribution in [3.63, 3.8) is 0 Å². The molecule has 1 fully saturated rings. The molecule has 3 nitrogen and oxygen atoms in total. The van der Waals surface area contributed by atoms with Gasteiger partial charge in [-0.1, -0.05) is 46.3 Å². The van der Waals surface area contributed by atoms with E-state index in [-0.39, 0.29) is 11.9 Å². The van der Waals surface area contributed by atoms with Crippen LogP contribution >= 0.6 is 15.9 Å². The molecule has 0 aliphatic carbocycles. The summed E-state index contributed by atoms with van der Waals surface area (Å²) in [6, 6.07) is 12.8. The zero-order valence-electron chi connectivity index (χ0n) is 12.7. The minimum absolute atomic E-state index is 0.0614. The normalized spacial score (nSPS) is 16.8. The zero-order chi connectivity index (χ0) is 15.5. The van der Waals surface area contributed by atoms with Gasteiger partial charge in [-0.2, -0.15) is 0 Å². The predicted molar refractivity (Wildman–Crippen MR) is 91.7 cm³/mol. The molecule has 1 aliphatic rings. The number of hydrogen-bond donors (Lipinski definition) is 0. The van der Waals surface area contributed by atoms with Gasteiger partial charge in [0.25, 0.3) is 0 Å². The second kappa shape index (κ2) is 6.80. The highest BCUT2D eigenvalue weighted by Crippen LogP contribution is 2.28. The van der Waals surface area contributed by atoms with Crippen molar-refractivity contribution in [3.05, 3.63) is 46.4 Å². The Labute approximate surface area is 139 Å². The smallest absolute Gasteiger partial charge is 0.308 e. The van der Waals surface area contributed by atoms with Gasteiger partial charge in [0.2, 0.25) is 0 Å². The monoisotopic (exact) mass is 361 g/mol.